The van der Waals surface area contributed by atoms with Crippen LogP contribution in [0.2, 0.25) is 0 Å². The molecule has 6 heteroatoms. The molecule has 1 N–H and O–H groups in total. The predicted molar refractivity (Wildman–Crippen MR) is 79.7 cm³/mol. The molecule has 0 bridgehead atoms. The molecule has 0 unspecified atom stereocenters. The lowest BCUT2D eigenvalue weighted by atomic mass is 10.2. The van der Waals surface area contributed by atoms with E-state index in [-0.39, 0.29) is 12.4 Å². The molecule has 5 nitrogen and oxygen atoms in total. The summed E-state index contributed by atoms with van der Waals surface area (Å²) in [5, 5.41) is 7.45. The molecule has 2 heterocycles. The van der Waals surface area contributed by atoms with Crippen LogP contribution in [0.1, 0.15) is 12.7 Å². The van der Waals surface area contributed by atoms with Crippen LogP contribution in [0.3, 0.4) is 0 Å². The number of nitrogens with one attached hydrogen (secondary N) is 1. The van der Waals surface area contributed by atoms with E-state index in [9.17, 15) is 0 Å². The molecule has 2 aromatic rings. The Hall–Kier alpha value is -1.43. The molecule has 1 atom stereocenters. The van der Waals surface area contributed by atoms with Crippen LogP contribution >= 0.6 is 12.4 Å². The summed E-state index contributed by atoms with van der Waals surface area (Å²) in [6.07, 6.45) is 0. The SMILES string of the molecule is C[C@@H]1CNCCN1Cc1noc(-c2ccccc2)n1.Cl. The fourth-order valence-corrected chi connectivity index (χ4v) is 2.32. The standard InChI is InChI=1S/C14H18N4O.ClH/c1-11-9-15-7-8-18(11)10-13-16-14(19-17-13)12-5-3-2-4-6-12;/h2-6,11,15H,7-10H2,1H3;1H/t11-;/m1./s1. The summed E-state index contributed by atoms with van der Waals surface area (Å²) in [7, 11) is 0. The molecule has 3 rings (SSSR count). The van der Waals surface area contributed by atoms with Crippen molar-refractivity contribution in [2.24, 2.45) is 0 Å². The topological polar surface area (TPSA) is 54.2 Å². The van der Waals surface area contributed by atoms with Crippen LogP contribution in [0.25, 0.3) is 11.5 Å². The van der Waals surface area contributed by atoms with Crippen molar-refractivity contribution < 1.29 is 4.52 Å². The van der Waals surface area contributed by atoms with Gasteiger partial charge in [0.25, 0.3) is 5.89 Å². The highest BCUT2D eigenvalue weighted by Gasteiger charge is 2.20. The fraction of sp³-hybridized carbons (Fsp3) is 0.429. The number of nitrogens with zero attached hydrogens (tertiary/aromatic N) is 3. The summed E-state index contributed by atoms with van der Waals surface area (Å²) < 4.78 is 5.32. The molecule has 1 aliphatic heterocycles. The molecule has 1 saturated heterocycles. The molecule has 108 valence electrons. The molecular weight excluding hydrogens is 276 g/mol. The monoisotopic (exact) mass is 294 g/mol. The van der Waals surface area contributed by atoms with Crippen molar-refractivity contribution >= 4 is 12.4 Å². The van der Waals surface area contributed by atoms with Gasteiger partial charge in [0.15, 0.2) is 5.82 Å². The van der Waals surface area contributed by atoms with Crippen LogP contribution in [0, 0.1) is 0 Å². The molecule has 0 amide bonds. The Bertz CT molecular complexity index is 531. The molecule has 1 fully saturated rings. The van der Waals surface area contributed by atoms with E-state index in [2.05, 4.69) is 27.3 Å². The van der Waals surface area contributed by atoms with Crippen molar-refractivity contribution in [1.29, 1.82) is 0 Å². The first-order valence-corrected chi connectivity index (χ1v) is 6.66. The summed E-state index contributed by atoms with van der Waals surface area (Å²) in [6.45, 7) is 6.02. The first-order valence-electron chi connectivity index (χ1n) is 6.66. The molecule has 0 spiro atoms. The number of piperazine rings is 1. The van der Waals surface area contributed by atoms with Gasteiger partial charge in [-0.1, -0.05) is 23.4 Å². The van der Waals surface area contributed by atoms with Crippen LogP contribution in [0.5, 0.6) is 0 Å². The lowest BCUT2D eigenvalue weighted by Gasteiger charge is -2.32. The van der Waals surface area contributed by atoms with Gasteiger partial charge in [-0.05, 0) is 19.1 Å². The summed E-state index contributed by atoms with van der Waals surface area (Å²) in [4.78, 5) is 6.84. The second kappa shape index (κ2) is 6.83. The van der Waals surface area contributed by atoms with Crippen LogP contribution in [-0.2, 0) is 6.54 Å². The average molecular weight is 295 g/mol. The van der Waals surface area contributed by atoms with Gasteiger partial charge in [0.2, 0.25) is 0 Å². The van der Waals surface area contributed by atoms with Gasteiger partial charge in [-0.15, -0.1) is 12.4 Å². The van der Waals surface area contributed by atoms with Crippen molar-refractivity contribution in [3.63, 3.8) is 0 Å². The minimum atomic E-state index is 0. The Kier molecular flexibility index (Phi) is 5.11. The van der Waals surface area contributed by atoms with E-state index >= 15 is 0 Å². The number of halogens is 1. The summed E-state index contributed by atoms with van der Waals surface area (Å²) in [5.41, 5.74) is 0.967. The number of rotatable bonds is 3. The maximum Gasteiger partial charge on any atom is 0.257 e. The molecule has 1 aromatic heterocycles. The molecule has 0 saturated carbocycles. The van der Waals surface area contributed by atoms with Crippen LogP contribution < -0.4 is 5.32 Å². The first kappa shape index (κ1) is 15.0. The van der Waals surface area contributed by atoms with Gasteiger partial charge in [0, 0.05) is 31.2 Å². The van der Waals surface area contributed by atoms with E-state index in [0.29, 0.717) is 11.9 Å². The molecule has 0 aliphatic carbocycles. The van der Waals surface area contributed by atoms with Gasteiger partial charge in [-0.25, -0.2) is 0 Å². The van der Waals surface area contributed by atoms with E-state index in [1.54, 1.807) is 0 Å². The van der Waals surface area contributed by atoms with E-state index in [0.717, 1.165) is 37.6 Å². The Morgan fingerprint density at radius 3 is 2.90 bits per heavy atom. The third-order valence-corrected chi connectivity index (χ3v) is 3.47. The van der Waals surface area contributed by atoms with Crippen LogP contribution in [-0.4, -0.2) is 40.7 Å². The highest BCUT2D eigenvalue weighted by Crippen LogP contribution is 2.17. The van der Waals surface area contributed by atoms with Gasteiger partial charge < -0.3 is 9.84 Å². The van der Waals surface area contributed by atoms with Crippen molar-refractivity contribution in [2.45, 2.75) is 19.5 Å². The highest BCUT2D eigenvalue weighted by atomic mass is 35.5. The second-order valence-electron chi connectivity index (χ2n) is 4.91. The van der Waals surface area contributed by atoms with E-state index in [1.165, 1.54) is 0 Å². The summed E-state index contributed by atoms with van der Waals surface area (Å²) >= 11 is 0. The van der Waals surface area contributed by atoms with Crippen LogP contribution in [0.4, 0.5) is 0 Å². The van der Waals surface area contributed by atoms with Crippen molar-refractivity contribution in [3.8, 4) is 11.5 Å². The largest absolute Gasteiger partial charge is 0.334 e. The van der Waals surface area contributed by atoms with Gasteiger partial charge in [-0.3, -0.25) is 4.90 Å². The minimum absolute atomic E-state index is 0. The molecular formula is C14H19ClN4O. The lowest BCUT2D eigenvalue weighted by molar-refractivity contribution is 0.160. The van der Waals surface area contributed by atoms with Crippen molar-refractivity contribution in [1.82, 2.24) is 20.4 Å². The van der Waals surface area contributed by atoms with Gasteiger partial charge in [0.1, 0.15) is 0 Å². The quantitative estimate of drug-likeness (QED) is 0.938. The number of benzene rings is 1. The maximum atomic E-state index is 5.32. The van der Waals surface area contributed by atoms with Gasteiger partial charge >= 0.3 is 0 Å². The fourth-order valence-electron chi connectivity index (χ4n) is 2.32. The van der Waals surface area contributed by atoms with Crippen molar-refractivity contribution in [3.05, 3.63) is 36.2 Å². The van der Waals surface area contributed by atoms with E-state index in [1.807, 2.05) is 30.3 Å². The average Bonchev–Trinajstić information content (AvgIpc) is 2.91. The molecule has 20 heavy (non-hydrogen) atoms. The molecule has 1 aliphatic rings. The first-order chi connectivity index (χ1) is 9.33. The number of hydrogen-bond acceptors (Lipinski definition) is 5. The predicted octanol–water partition coefficient (Wildman–Crippen LogP) is 1.95. The second-order valence-corrected chi connectivity index (χ2v) is 4.91. The van der Waals surface area contributed by atoms with E-state index < -0.39 is 0 Å². The third kappa shape index (κ3) is 3.36. The molecule has 0 radical (unpaired) electrons. The zero-order chi connectivity index (χ0) is 13.1. The Morgan fingerprint density at radius 2 is 2.15 bits per heavy atom. The Balaban J connectivity index is 0.00000147. The normalized spacial score (nSPS) is 19.6. The molecule has 1 aromatic carbocycles. The van der Waals surface area contributed by atoms with Gasteiger partial charge in [-0.2, -0.15) is 4.98 Å². The van der Waals surface area contributed by atoms with Gasteiger partial charge in [0.05, 0.1) is 6.54 Å². The van der Waals surface area contributed by atoms with Crippen molar-refractivity contribution in [2.75, 3.05) is 19.6 Å². The lowest BCUT2D eigenvalue weighted by Crippen LogP contribution is -2.49. The smallest absolute Gasteiger partial charge is 0.257 e. The van der Waals surface area contributed by atoms with E-state index in [4.69, 9.17) is 4.52 Å². The zero-order valence-electron chi connectivity index (χ0n) is 11.5. The minimum Gasteiger partial charge on any atom is -0.334 e. The van der Waals surface area contributed by atoms with Crippen LogP contribution in [0.15, 0.2) is 34.9 Å². The highest BCUT2D eigenvalue weighted by molar-refractivity contribution is 5.85. The number of hydrogen-bond donors (Lipinski definition) is 1. The third-order valence-electron chi connectivity index (χ3n) is 3.47. The Morgan fingerprint density at radius 1 is 1.35 bits per heavy atom. The number of aromatic nitrogens is 2. The maximum absolute atomic E-state index is 5.32. The summed E-state index contributed by atoms with van der Waals surface area (Å²) in [5.74, 6) is 1.35. The Labute approximate surface area is 124 Å². The summed E-state index contributed by atoms with van der Waals surface area (Å²) in [6, 6.07) is 10.4. The zero-order valence-corrected chi connectivity index (χ0v) is 12.3.